The number of likely N-dealkylation sites (N-methyl/N-ethyl adjacent to an activating group) is 1. The molecule has 0 unspecified atom stereocenters. The Morgan fingerprint density at radius 2 is 1.77 bits per heavy atom. The van der Waals surface area contributed by atoms with Crippen molar-refractivity contribution < 1.29 is 0 Å². The van der Waals surface area contributed by atoms with Crippen molar-refractivity contribution in [2.45, 2.75) is 20.3 Å². The third-order valence-corrected chi connectivity index (χ3v) is 4.68. The number of anilines is 4. The maximum absolute atomic E-state index is 4.54. The Morgan fingerprint density at radius 3 is 2.46 bits per heavy atom. The molecule has 0 saturated carbocycles. The molecule has 0 spiro atoms. The first-order valence-electron chi connectivity index (χ1n) is 9.47. The molecular weight excluding hydrogens is 324 g/mol. The monoisotopic (exact) mass is 354 g/mol. The first kappa shape index (κ1) is 18.5. The van der Waals surface area contributed by atoms with Crippen molar-refractivity contribution in [1.29, 1.82) is 0 Å². The van der Waals surface area contributed by atoms with Gasteiger partial charge in [0.1, 0.15) is 5.82 Å². The van der Waals surface area contributed by atoms with Gasteiger partial charge >= 0.3 is 0 Å². The van der Waals surface area contributed by atoms with Crippen LogP contribution in [0.2, 0.25) is 0 Å². The molecule has 0 radical (unpaired) electrons. The van der Waals surface area contributed by atoms with Gasteiger partial charge in [-0.1, -0.05) is 13.8 Å². The van der Waals surface area contributed by atoms with E-state index in [1.54, 1.807) is 6.20 Å². The lowest BCUT2D eigenvalue weighted by molar-refractivity contribution is 0.313. The number of hydrogen-bond acceptors (Lipinski definition) is 6. The Kier molecular flexibility index (Phi) is 6.28. The highest BCUT2D eigenvalue weighted by Gasteiger charge is 2.14. The molecule has 1 aliphatic rings. The Hall–Kier alpha value is -2.34. The van der Waals surface area contributed by atoms with Crippen LogP contribution < -0.4 is 15.5 Å². The summed E-state index contributed by atoms with van der Waals surface area (Å²) in [5.74, 6) is 2.16. The first-order chi connectivity index (χ1) is 12.6. The number of benzene rings is 1. The largest absolute Gasteiger partial charge is 0.370 e. The Morgan fingerprint density at radius 1 is 1.04 bits per heavy atom. The molecule has 2 aromatic rings. The van der Waals surface area contributed by atoms with E-state index < -0.39 is 0 Å². The molecule has 3 rings (SSSR count). The lowest BCUT2D eigenvalue weighted by atomic mass is 10.1. The summed E-state index contributed by atoms with van der Waals surface area (Å²) in [7, 11) is 2.18. The second kappa shape index (κ2) is 8.85. The van der Waals surface area contributed by atoms with Crippen LogP contribution in [0.3, 0.4) is 0 Å². The van der Waals surface area contributed by atoms with Crippen molar-refractivity contribution in [3.63, 3.8) is 0 Å². The molecule has 1 aromatic heterocycles. The van der Waals surface area contributed by atoms with E-state index in [0.29, 0.717) is 11.9 Å². The lowest BCUT2D eigenvalue weighted by Gasteiger charge is -2.34. The first-order valence-corrected chi connectivity index (χ1v) is 9.47. The van der Waals surface area contributed by atoms with Crippen LogP contribution in [0.4, 0.5) is 23.1 Å². The molecule has 6 heteroatoms. The fourth-order valence-electron chi connectivity index (χ4n) is 2.96. The smallest absolute Gasteiger partial charge is 0.229 e. The highest BCUT2D eigenvalue weighted by atomic mass is 15.2. The van der Waals surface area contributed by atoms with Crippen molar-refractivity contribution in [2.75, 3.05) is 55.3 Å². The summed E-state index contributed by atoms with van der Waals surface area (Å²) in [6.45, 7) is 9.76. The minimum Gasteiger partial charge on any atom is -0.370 e. The van der Waals surface area contributed by atoms with E-state index in [1.165, 1.54) is 5.69 Å². The van der Waals surface area contributed by atoms with Gasteiger partial charge in [-0.2, -0.15) is 4.98 Å². The van der Waals surface area contributed by atoms with Crippen LogP contribution in [-0.2, 0) is 0 Å². The van der Waals surface area contributed by atoms with E-state index in [0.717, 1.165) is 50.6 Å². The van der Waals surface area contributed by atoms with Crippen LogP contribution in [0.1, 0.15) is 20.3 Å². The molecule has 1 saturated heterocycles. The highest BCUT2D eigenvalue weighted by molar-refractivity contribution is 5.60. The number of piperazine rings is 1. The summed E-state index contributed by atoms with van der Waals surface area (Å²) >= 11 is 0. The van der Waals surface area contributed by atoms with Gasteiger partial charge in [-0.3, -0.25) is 0 Å². The summed E-state index contributed by atoms with van der Waals surface area (Å²) in [5, 5.41) is 6.65. The van der Waals surface area contributed by atoms with Crippen LogP contribution in [0.15, 0.2) is 36.5 Å². The SMILES string of the molecule is CC(C)CCNc1ccnc(Nc2ccc(N3CCN(C)CC3)cc2)n1. The van der Waals surface area contributed by atoms with E-state index in [-0.39, 0.29) is 0 Å². The molecule has 1 aromatic carbocycles. The van der Waals surface area contributed by atoms with E-state index in [9.17, 15) is 0 Å². The number of hydrogen-bond donors (Lipinski definition) is 2. The summed E-state index contributed by atoms with van der Waals surface area (Å²) in [6.07, 6.45) is 2.91. The molecule has 0 amide bonds. The van der Waals surface area contributed by atoms with Gasteiger partial charge in [0.25, 0.3) is 0 Å². The summed E-state index contributed by atoms with van der Waals surface area (Å²) in [6, 6.07) is 10.4. The van der Waals surface area contributed by atoms with Gasteiger partial charge in [-0.05, 0) is 49.7 Å². The van der Waals surface area contributed by atoms with Gasteiger partial charge in [0.15, 0.2) is 0 Å². The van der Waals surface area contributed by atoms with Gasteiger partial charge < -0.3 is 20.4 Å². The Labute approximate surface area is 156 Å². The molecule has 6 nitrogen and oxygen atoms in total. The zero-order chi connectivity index (χ0) is 18.4. The molecular formula is C20H30N6. The topological polar surface area (TPSA) is 56.3 Å². The number of nitrogens with one attached hydrogen (secondary N) is 2. The fraction of sp³-hybridized carbons (Fsp3) is 0.500. The predicted molar refractivity (Wildman–Crippen MR) is 109 cm³/mol. The molecule has 2 heterocycles. The highest BCUT2D eigenvalue weighted by Crippen LogP contribution is 2.21. The minimum absolute atomic E-state index is 0.617. The second-order valence-electron chi connectivity index (χ2n) is 7.34. The van der Waals surface area contributed by atoms with Gasteiger partial charge in [-0.25, -0.2) is 4.98 Å². The number of aromatic nitrogens is 2. The Bertz CT molecular complexity index is 677. The minimum atomic E-state index is 0.617. The third-order valence-electron chi connectivity index (χ3n) is 4.68. The average Bonchev–Trinajstić information content (AvgIpc) is 2.63. The van der Waals surface area contributed by atoms with Crippen molar-refractivity contribution in [3.8, 4) is 0 Å². The van der Waals surface area contributed by atoms with Gasteiger partial charge in [0, 0.05) is 50.3 Å². The summed E-state index contributed by atoms with van der Waals surface area (Å²) in [5.41, 5.74) is 2.27. The maximum Gasteiger partial charge on any atom is 0.229 e. The van der Waals surface area contributed by atoms with E-state index in [1.807, 2.05) is 6.07 Å². The summed E-state index contributed by atoms with van der Waals surface area (Å²) < 4.78 is 0. The van der Waals surface area contributed by atoms with Crippen molar-refractivity contribution in [1.82, 2.24) is 14.9 Å². The third kappa shape index (κ3) is 5.33. The zero-order valence-corrected chi connectivity index (χ0v) is 16.1. The Balaban J connectivity index is 1.57. The van der Waals surface area contributed by atoms with E-state index in [2.05, 4.69) is 75.6 Å². The van der Waals surface area contributed by atoms with Crippen molar-refractivity contribution in [2.24, 2.45) is 5.92 Å². The van der Waals surface area contributed by atoms with Crippen LogP contribution >= 0.6 is 0 Å². The van der Waals surface area contributed by atoms with Crippen molar-refractivity contribution >= 4 is 23.1 Å². The van der Waals surface area contributed by atoms with E-state index in [4.69, 9.17) is 0 Å². The standard InChI is InChI=1S/C20H30N6/c1-16(2)8-10-21-19-9-11-22-20(24-19)23-17-4-6-18(7-5-17)26-14-12-25(3)13-15-26/h4-7,9,11,16H,8,10,12-15H2,1-3H3,(H2,21,22,23,24). The molecule has 26 heavy (non-hydrogen) atoms. The molecule has 140 valence electrons. The van der Waals surface area contributed by atoms with Crippen LogP contribution in [0.25, 0.3) is 0 Å². The number of rotatable bonds is 7. The maximum atomic E-state index is 4.54. The molecule has 1 aliphatic heterocycles. The normalized spacial score (nSPS) is 15.3. The summed E-state index contributed by atoms with van der Waals surface area (Å²) in [4.78, 5) is 13.7. The molecule has 0 aliphatic carbocycles. The van der Waals surface area contributed by atoms with Crippen LogP contribution in [0, 0.1) is 5.92 Å². The predicted octanol–water partition coefficient (Wildman–Crippen LogP) is 3.43. The van der Waals surface area contributed by atoms with Crippen molar-refractivity contribution in [3.05, 3.63) is 36.5 Å². The zero-order valence-electron chi connectivity index (χ0n) is 16.1. The van der Waals surface area contributed by atoms with Crippen LogP contribution in [0.5, 0.6) is 0 Å². The fourth-order valence-corrected chi connectivity index (χ4v) is 2.96. The second-order valence-corrected chi connectivity index (χ2v) is 7.34. The van der Waals surface area contributed by atoms with Gasteiger partial charge in [-0.15, -0.1) is 0 Å². The molecule has 0 atom stereocenters. The van der Waals surface area contributed by atoms with Crippen LogP contribution in [-0.4, -0.2) is 54.6 Å². The molecule has 2 N–H and O–H groups in total. The number of nitrogens with zero attached hydrogens (tertiary/aromatic N) is 4. The quantitative estimate of drug-likeness (QED) is 0.794. The van der Waals surface area contributed by atoms with Gasteiger partial charge in [0.05, 0.1) is 0 Å². The molecule has 1 fully saturated rings. The van der Waals surface area contributed by atoms with E-state index >= 15 is 0 Å². The van der Waals surface area contributed by atoms with Gasteiger partial charge in [0.2, 0.25) is 5.95 Å². The molecule has 0 bridgehead atoms. The lowest BCUT2D eigenvalue weighted by Crippen LogP contribution is -2.44. The average molecular weight is 355 g/mol.